The topological polar surface area (TPSA) is 66.4 Å². The molecule has 5 heteroatoms. The first kappa shape index (κ1) is 12.5. The maximum Gasteiger partial charge on any atom is 0.305 e. The van der Waals surface area contributed by atoms with Crippen molar-refractivity contribution in [1.29, 1.82) is 0 Å². The first-order valence-corrected chi connectivity index (χ1v) is 5.09. The zero-order valence-electron chi connectivity index (χ0n) is 8.74. The molecule has 1 aromatic carbocycles. The van der Waals surface area contributed by atoms with Crippen LogP contribution < -0.4 is 5.32 Å². The number of aryl methyl sites for hydroxylation is 1. The number of carboxylic acid groups (broad SMARTS) is 1. The molecule has 2 N–H and O–H groups in total. The van der Waals surface area contributed by atoms with Gasteiger partial charge >= 0.3 is 5.97 Å². The number of amides is 1. The zero-order chi connectivity index (χ0) is 12.1. The predicted molar refractivity (Wildman–Crippen MR) is 60.4 cm³/mol. The first-order chi connectivity index (χ1) is 7.52. The maximum atomic E-state index is 10.6. The number of benzene rings is 1. The highest BCUT2D eigenvalue weighted by Gasteiger charge is 2.15. The van der Waals surface area contributed by atoms with Gasteiger partial charge in [0.15, 0.2) is 0 Å². The maximum absolute atomic E-state index is 10.6. The summed E-state index contributed by atoms with van der Waals surface area (Å²) in [7, 11) is 0. The second-order valence-corrected chi connectivity index (χ2v) is 3.93. The van der Waals surface area contributed by atoms with Crippen LogP contribution in [0.15, 0.2) is 18.2 Å². The summed E-state index contributed by atoms with van der Waals surface area (Å²) in [6.45, 7) is 1.86. The number of hydrogen-bond donors (Lipinski definition) is 2. The summed E-state index contributed by atoms with van der Waals surface area (Å²) in [5.41, 5.74) is 1.62. The quantitative estimate of drug-likeness (QED) is 0.774. The third-order valence-corrected chi connectivity index (χ3v) is 2.33. The third-order valence-electron chi connectivity index (χ3n) is 2.11. The number of carboxylic acids is 1. The molecule has 0 saturated heterocycles. The van der Waals surface area contributed by atoms with E-state index < -0.39 is 12.0 Å². The van der Waals surface area contributed by atoms with E-state index in [2.05, 4.69) is 5.32 Å². The highest BCUT2D eigenvalue weighted by Crippen LogP contribution is 2.22. The van der Waals surface area contributed by atoms with Crippen LogP contribution in [0.1, 0.15) is 23.6 Å². The van der Waals surface area contributed by atoms with Gasteiger partial charge in [0.05, 0.1) is 12.5 Å². The van der Waals surface area contributed by atoms with Gasteiger partial charge in [-0.05, 0) is 30.2 Å². The van der Waals surface area contributed by atoms with E-state index >= 15 is 0 Å². The Morgan fingerprint density at radius 3 is 2.75 bits per heavy atom. The Hall–Kier alpha value is -1.55. The Kier molecular flexibility index (Phi) is 4.31. The van der Waals surface area contributed by atoms with Crippen molar-refractivity contribution < 1.29 is 14.7 Å². The number of carbonyl (C=O) groups is 2. The molecule has 86 valence electrons. The van der Waals surface area contributed by atoms with E-state index in [4.69, 9.17) is 16.7 Å². The molecule has 16 heavy (non-hydrogen) atoms. The molecule has 0 radical (unpaired) electrons. The van der Waals surface area contributed by atoms with Crippen molar-refractivity contribution in [2.75, 3.05) is 0 Å². The summed E-state index contributed by atoms with van der Waals surface area (Å²) < 4.78 is 0. The van der Waals surface area contributed by atoms with Crippen molar-refractivity contribution in [2.24, 2.45) is 0 Å². The molecule has 0 bridgehead atoms. The summed E-state index contributed by atoms with van der Waals surface area (Å²) >= 11 is 5.87. The van der Waals surface area contributed by atoms with Crippen LogP contribution in [-0.2, 0) is 9.59 Å². The fourth-order valence-electron chi connectivity index (χ4n) is 1.50. The summed E-state index contributed by atoms with van der Waals surface area (Å²) in [5.74, 6) is -0.975. The highest BCUT2D eigenvalue weighted by molar-refractivity contribution is 6.30. The lowest BCUT2D eigenvalue weighted by molar-refractivity contribution is -0.137. The van der Waals surface area contributed by atoms with Gasteiger partial charge in [-0.25, -0.2) is 0 Å². The molecule has 1 aromatic rings. The van der Waals surface area contributed by atoms with Crippen LogP contribution in [0, 0.1) is 6.92 Å². The number of hydrogen-bond acceptors (Lipinski definition) is 2. The van der Waals surface area contributed by atoms with Crippen molar-refractivity contribution >= 4 is 24.0 Å². The second kappa shape index (κ2) is 5.51. The highest BCUT2D eigenvalue weighted by atomic mass is 35.5. The van der Waals surface area contributed by atoms with Crippen LogP contribution in [0.3, 0.4) is 0 Å². The Morgan fingerprint density at radius 2 is 2.25 bits per heavy atom. The van der Waals surface area contributed by atoms with Crippen LogP contribution in [0.4, 0.5) is 0 Å². The van der Waals surface area contributed by atoms with E-state index in [0.717, 1.165) is 5.56 Å². The second-order valence-electron chi connectivity index (χ2n) is 3.50. The number of halogens is 1. The van der Waals surface area contributed by atoms with Gasteiger partial charge in [-0.3, -0.25) is 9.59 Å². The smallest absolute Gasteiger partial charge is 0.305 e. The Balaban J connectivity index is 2.99. The lowest BCUT2D eigenvalue weighted by Crippen LogP contribution is -2.22. The van der Waals surface area contributed by atoms with Crippen molar-refractivity contribution in [2.45, 2.75) is 19.4 Å². The predicted octanol–water partition coefficient (Wildman–Crippen LogP) is 1.91. The Bertz CT molecular complexity index is 386. The fraction of sp³-hybridized carbons (Fsp3) is 0.273. The Morgan fingerprint density at radius 1 is 1.56 bits per heavy atom. The first-order valence-electron chi connectivity index (χ1n) is 4.71. The van der Waals surface area contributed by atoms with Crippen LogP contribution >= 0.6 is 11.6 Å². The van der Waals surface area contributed by atoms with Crippen LogP contribution in [0.25, 0.3) is 0 Å². The van der Waals surface area contributed by atoms with E-state index in [9.17, 15) is 9.59 Å². The molecule has 0 aliphatic carbocycles. The molecule has 1 atom stereocenters. The average Bonchev–Trinajstić information content (AvgIpc) is 2.14. The minimum atomic E-state index is -0.975. The number of aliphatic carboxylic acids is 1. The van der Waals surface area contributed by atoms with E-state index in [1.165, 1.54) is 0 Å². The molecular formula is C11H12ClNO3. The molecule has 1 rings (SSSR count). The zero-order valence-corrected chi connectivity index (χ0v) is 9.49. The van der Waals surface area contributed by atoms with Gasteiger partial charge in [0, 0.05) is 5.02 Å². The molecule has 0 spiro atoms. The average molecular weight is 242 g/mol. The van der Waals surface area contributed by atoms with E-state index in [-0.39, 0.29) is 6.42 Å². The summed E-state index contributed by atoms with van der Waals surface area (Å²) in [5, 5.41) is 11.7. The summed E-state index contributed by atoms with van der Waals surface area (Å²) in [4.78, 5) is 21.0. The monoisotopic (exact) mass is 241 g/mol. The van der Waals surface area contributed by atoms with Gasteiger partial charge in [-0.1, -0.05) is 17.7 Å². The molecule has 0 aliphatic rings. The van der Waals surface area contributed by atoms with Gasteiger partial charge in [0.2, 0.25) is 6.41 Å². The summed E-state index contributed by atoms with van der Waals surface area (Å²) in [6.07, 6.45) is 0.322. The van der Waals surface area contributed by atoms with Gasteiger partial charge in [-0.2, -0.15) is 0 Å². The van der Waals surface area contributed by atoms with Crippen molar-refractivity contribution in [3.63, 3.8) is 0 Å². The molecule has 0 saturated carbocycles. The molecule has 0 aliphatic heterocycles. The molecule has 0 heterocycles. The van der Waals surface area contributed by atoms with Gasteiger partial charge < -0.3 is 10.4 Å². The molecule has 0 fully saturated rings. The number of nitrogens with one attached hydrogen (secondary N) is 1. The van der Waals surface area contributed by atoms with Crippen LogP contribution in [-0.4, -0.2) is 17.5 Å². The van der Waals surface area contributed by atoms with Crippen molar-refractivity contribution in [3.05, 3.63) is 34.3 Å². The van der Waals surface area contributed by atoms with E-state index in [0.29, 0.717) is 17.0 Å². The summed E-state index contributed by atoms with van der Waals surface area (Å²) in [6, 6.07) is 4.67. The SMILES string of the molecule is Cc1cc(Cl)cc(C(CC(=O)O)NC=O)c1. The van der Waals surface area contributed by atoms with Crippen molar-refractivity contribution in [1.82, 2.24) is 5.32 Å². The third kappa shape index (κ3) is 3.55. The fourth-order valence-corrected chi connectivity index (χ4v) is 1.79. The molecule has 4 nitrogen and oxygen atoms in total. The molecule has 1 unspecified atom stereocenters. The molecule has 0 aromatic heterocycles. The van der Waals surface area contributed by atoms with Crippen LogP contribution in [0.2, 0.25) is 5.02 Å². The van der Waals surface area contributed by atoms with E-state index in [1.54, 1.807) is 18.2 Å². The van der Waals surface area contributed by atoms with Crippen LogP contribution in [0.5, 0.6) is 0 Å². The largest absolute Gasteiger partial charge is 0.481 e. The lowest BCUT2D eigenvalue weighted by atomic mass is 10.0. The normalized spacial score (nSPS) is 11.9. The molecule has 1 amide bonds. The number of rotatable bonds is 5. The molecular weight excluding hydrogens is 230 g/mol. The minimum Gasteiger partial charge on any atom is -0.481 e. The Labute approximate surface area is 98.2 Å². The number of carbonyl (C=O) groups excluding carboxylic acids is 1. The van der Waals surface area contributed by atoms with E-state index in [1.807, 2.05) is 6.92 Å². The lowest BCUT2D eigenvalue weighted by Gasteiger charge is -2.15. The van der Waals surface area contributed by atoms with Gasteiger partial charge in [0.25, 0.3) is 0 Å². The van der Waals surface area contributed by atoms with Gasteiger partial charge in [-0.15, -0.1) is 0 Å². The standard InChI is InChI=1S/C11H12ClNO3/c1-7-2-8(4-9(12)3-7)10(13-6-14)5-11(15)16/h2-4,6,10H,5H2,1H3,(H,13,14)(H,15,16). The van der Waals surface area contributed by atoms with Crippen molar-refractivity contribution in [3.8, 4) is 0 Å². The minimum absolute atomic E-state index is 0.168. The van der Waals surface area contributed by atoms with Gasteiger partial charge in [0.1, 0.15) is 0 Å².